The highest BCUT2D eigenvalue weighted by Gasteiger charge is 2.37. The van der Waals surface area contributed by atoms with Crippen molar-refractivity contribution >= 4 is 18.2 Å². The Morgan fingerprint density at radius 1 is 1.26 bits per heavy atom. The van der Waals surface area contributed by atoms with Gasteiger partial charge in [-0.15, -0.1) is 0 Å². The van der Waals surface area contributed by atoms with Crippen LogP contribution in [-0.2, 0) is 28.6 Å². The highest BCUT2D eigenvalue weighted by atomic mass is 16.7. The van der Waals surface area contributed by atoms with Crippen LogP contribution in [0.3, 0.4) is 0 Å². The molecule has 0 spiro atoms. The fraction of sp³-hybridized carbons (Fsp3) is 0.476. The van der Waals surface area contributed by atoms with Crippen LogP contribution in [0.5, 0.6) is 0 Å². The molecular formula is C21H26O6. The summed E-state index contributed by atoms with van der Waals surface area (Å²) in [5.74, 6) is -1.97. The van der Waals surface area contributed by atoms with Gasteiger partial charge in [0.25, 0.3) is 5.79 Å². The van der Waals surface area contributed by atoms with Crippen LogP contribution in [0.1, 0.15) is 47.0 Å². The van der Waals surface area contributed by atoms with E-state index in [9.17, 15) is 14.4 Å². The summed E-state index contributed by atoms with van der Waals surface area (Å²) in [7, 11) is 1.47. The molecule has 2 aliphatic rings. The van der Waals surface area contributed by atoms with Gasteiger partial charge in [-0.25, -0.2) is 9.59 Å². The first-order valence-electron chi connectivity index (χ1n) is 8.89. The summed E-state index contributed by atoms with van der Waals surface area (Å²) in [4.78, 5) is 34.8. The van der Waals surface area contributed by atoms with E-state index >= 15 is 0 Å². The predicted octanol–water partition coefficient (Wildman–Crippen LogP) is 3.34. The first-order valence-corrected chi connectivity index (χ1v) is 8.89. The quantitative estimate of drug-likeness (QED) is 0.281. The highest BCUT2D eigenvalue weighted by molar-refractivity contribution is 5.91. The molecule has 0 unspecified atom stereocenters. The van der Waals surface area contributed by atoms with Gasteiger partial charge in [0.1, 0.15) is 12.4 Å². The Labute approximate surface area is 159 Å². The van der Waals surface area contributed by atoms with Gasteiger partial charge in [-0.05, 0) is 58.3 Å². The van der Waals surface area contributed by atoms with Crippen molar-refractivity contribution in [1.29, 1.82) is 0 Å². The van der Waals surface area contributed by atoms with E-state index < -0.39 is 11.8 Å². The van der Waals surface area contributed by atoms with E-state index in [2.05, 4.69) is 0 Å². The Hall–Kier alpha value is -2.47. The highest BCUT2D eigenvalue weighted by Crippen LogP contribution is 2.30. The Bertz CT molecular complexity index is 764. The summed E-state index contributed by atoms with van der Waals surface area (Å²) in [5.41, 5.74) is 3.59. The number of allylic oxidation sites excluding steroid dienone is 2. The average Bonchev–Trinajstić information content (AvgIpc) is 3.07. The van der Waals surface area contributed by atoms with Crippen molar-refractivity contribution in [1.82, 2.24) is 0 Å². The van der Waals surface area contributed by atoms with E-state index in [1.54, 1.807) is 25.2 Å². The maximum absolute atomic E-state index is 12.1. The van der Waals surface area contributed by atoms with E-state index in [1.165, 1.54) is 7.11 Å². The lowest BCUT2D eigenvalue weighted by atomic mass is 10.0. The lowest BCUT2D eigenvalue weighted by Gasteiger charge is -2.22. The van der Waals surface area contributed by atoms with Crippen molar-refractivity contribution in [2.24, 2.45) is 0 Å². The third-order valence-corrected chi connectivity index (χ3v) is 4.64. The van der Waals surface area contributed by atoms with Gasteiger partial charge in [0.2, 0.25) is 0 Å². The fourth-order valence-electron chi connectivity index (χ4n) is 3.09. The van der Waals surface area contributed by atoms with Gasteiger partial charge >= 0.3 is 11.9 Å². The second-order valence-corrected chi connectivity index (χ2v) is 7.12. The first kappa shape index (κ1) is 20.8. The molecule has 2 rings (SSSR count). The molecule has 146 valence electrons. The zero-order valence-electron chi connectivity index (χ0n) is 16.5. The van der Waals surface area contributed by atoms with Crippen LogP contribution >= 0.6 is 0 Å². The molecule has 6 nitrogen and oxygen atoms in total. The van der Waals surface area contributed by atoms with Crippen molar-refractivity contribution in [3.63, 3.8) is 0 Å². The third kappa shape index (κ3) is 5.04. The number of rotatable bonds is 8. The van der Waals surface area contributed by atoms with E-state index in [4.69, 9.17) is 14.2 Å². The molecule has 0 aromatic heterocycles. The molecule has 0 N–H and O–H groups in total. The predicted molar refractivity (Wildman–Crippen MR) is 99.6 cm³/mol. The fourth-order valence-corrected chi connectivity index (χ4v) is 3.09. The summed E-state index contributed by atoms with van der Waals surface area (Å²) >= 11 is 0. The lowest BCUT2D eigenvalue weighted by molar-refractivity contribution is -0.173. The molecule has 0 aromatic rings. The molecule has 0 fully saturated rings. The summed E-state index contributed by atoms with van der Waals surface area (Å²) in [6.45, 7) is 7.28. The maximum Gasteiger partial charge on any atom is 0.336 e. The molecule has 2 heterocycles. The second-order valence-electron chi connectivity index (χ2n) is 7.12. The van der Waals surface area contributed by atoms with E-state index in [-0.39, 0.29) is 12.1 Å². The Morgan fingerprint density at radius 3 is 2.48 bits per heavy atom. The molecule has 0 saturated heterocycles. The van der Waals surface area contributed by atoms with E-state index in [0.717, 1.165) is 17.4 Å². The van der Waals surface area contributed by atoms with Crippen LogP contribution in [0.2, 0.25) is 0 Å². The van der Waals surface area contributed by atoms with Crippen LogP contribution in [-0.4, -0.2) is 37.2 Å². The minimum absolute atomic E-state index is 0.351. The summed E-state index contributed by atoms with van der Waals surface area (Å²) in [6, 6.07) is 0. The number of hydrogen-bond donors (Lipinski definition) is 0. The molecule has 0 aromatic carbocycles. The minimum Gasteiger partial charge on any atom is -0.454 e. The number of aldehydes is 1. The molecule has 2 atom stereocenters. The van der Waals surface area contributed by atoms with Gasteiger partial charge in [-0.1, -0.05) is 11.1 Å². The number of cyclic esters (lactones) is 2. The van der Waals surface area contributed by atoms with Crippen LogP contribution in [0, 0.1) is 0 Å². The average molecular weight is 374 g/mol. The largest absolute Gasteiger partial charge is 0.454 e. The molecule has 0 radical (unpaired) electrons. The topological polar surface area (TPSA) is 78.9 Å². The van der Waals surface area contributed by atoms with Gasteiger partial charge in [0, 0.05) is 30.8 Å². The first-order chi connectivity index (χ1) is 12.7. The number of ether oxygens (including phenoxy) is 3. The van der Waals surface area contributed by atoms with Crippen LogP contribution in [0.4, 0.5) is 0 Å². The standard InChI is InChI=1S/C21H26O6/c1-13(2)17(12-22)7-6-16-9-18(26-20(16)24)8-14(3)10-21(25-5)11-15(4)19(23)27-21/h9-12,18H,6-8H2,1-5H3/b14-10+/t18-,21+/m1/s1. The Balaban J connectivity index is 2.04. The molecule has 27 heavy (non-hydrogen) atoms. The summed E-state index contributed by atoms with van der Waals surface area (Å²) in [5, 5.41) is 0. The number of carbonyl (C=O) groups is 3. The van der Waals surface area contributed by atoms with Crippen molar-refractivity contribution in [2.75, 3.05) is 7.11 Å². The Kier molecular flexibility index (Phi) is 6.54. The number of hydrogen-bond acceptors (Lipinski definition) is 6. The van der Waals surface area contributed by atoms with Gasteiger partial charge in [0.15, 0.2) is 0 Å². The zero-order chi connectivity index (χ0) is 20.2. The Morgan fingerprint density at radius 2 is 1.96 bits per heavy atom. The summed E-state index contributed by atoms with van der Waals surface area (Å²) < 4.78 is 16.1. The monoisotopic (exact) mass is 374 g/mol. The van der Waals surface area contributed by atoms with Crippen LogP contribution in [0.25, 0.3) is 0 Å². The lowest BCUT2D eigenvalue weighted by Crippen LogP contribution is -2.28. The molecule has 2 aliphatic heterocycles. The number of carbonyl (C=O) groups excluding carboxylic acids is 3. The van der Waals surface area contributed by atoms with Crippen molar-refractivity contribution in [3.05, 3.63) is 46.1 Å². The smallest absolute Gasteiger partial charge is 0.336 e. The van der Waals surface area contributed by atoms with Gasteiger partial charge in [-0.3, -0.25) is 4.79 Å². The molecule has 0 saturated carbocycles. The van der Waals surface area contributed by atoms with Crippen molar-refractivity contribution < 1.29 is 28.6 Å². The molecule has 0 amide bonds. The molecule has 0 aliphatic carbocycles. The SMILES string of the molecule is CO[C@]1(/C=C(\C)C[C@@H]2C=C(CCC(C=O)=C(C)C)C(=O)O2)C=C(C)C(=O)O1. The second kappa shape index (κ2) is 8.48. The normalized spacial score (nSPS) is 24.9. The number of esters is 2. The van der Waals surface area contributed by atoms with Crippen molar-refractivity contribution in [3.8, 4) is 0 Å². The molecule has 6 heteroatoms. The van der Waals surface area contributed by atoms with Crippen LogP contribution < -0.4 is 0 Å². The van der Waals surface area contributed by atoms with Gasteiger partial charge < -0.3 is 14.2 Å². The zero-order valence-corrected chi connectivity index (χ0v) is 16.5. The van der Waals surface area contributed by atoms with E-state index in [1.807, 2.05) is 20.8 Å². The van der Waals surface area contributed by atoms with E-state index in [0.29, 0.717) is 36.0 Å². The van der Waals surface area contributed by atoms with Crippen molar-refractivity contribution in [2.45, 2.75) is 58.8 Å². The number of methoxy groups -OCH3 is 1. The van der Waals surface area contributed by atoms with Gasteiger partial charge in [0.05, 0.1) is 0 Å². The van der Waals surface area contributed by atoms with Gasteiger partial charge in [-0.2, -0.15) is 0 Å². The maximum atomic E-state index is 12.1. The molecule has 0 bridgehead atoms. The van der Waals surface area contributed by atoms with Crippen LogP contribution in [0.15, 0.2) is 46.1 Å². The minimum atomic E-state index is -1.21. The summed E-state index contributed by atoms with van der Waals surface area (Å²) in [6.07, 6.45) is 7.05. The third-order valence-electron chi connectivity index (χ3n) is 4.64. The molecular weight excluding hydrogens is 348 g/mol.